The minimum absolute atomic E-state index is 0.0503. The Morgan fingerprint density at radius 2 is 1.24 bits per heavy atom. The van der Waals surface area contributed by atoms with E-state index >= 15 is 0 Å². The summed E-state index contributed by atoms with van der Waals surface area (Å²) in [7, 11) is 0. The fourth-order valence-electron chi connectivity index (χ4n) is 3.71. The number of hydrogen-bond donors (Lipinski definition) is 1. The van der Waals surface area contributed by atoms with Crippen molar-refractivity contribution in [1.82, 2.24) is 0 Å². The number of benzene rings is 3. The Morgan fingerprint density at radius 1 is 0.724 bits per heavy atom. The summed E-state index contributed by atoms with van der Waals surface area (Å²) in [6.45, 7) is 4.24. The second-order valence-corrected chi connectivity index (χ2v) is 7.65. The number of carbonyl (C=O) groups is 2. The highest BCUT2D eigenvalue weighted by Gasteiger charge is 2.33. The summed E-state index contributed by atoms with van der Waals surface area (Å²) in [5.41, 5.74) is 3.37. The van der Waals surface area contributed by atoms with Crippen LogP contribution in [0.2, 0.25) is 0 Å². The highest BCUT2D eigenvalue weighted by atomic mass is 16.4. The Balaban J connectivity index is 2.02. The predicted octanol–water partition coefficient (Wildman–Crippen LogP) is 6.04. The van der Waals surface area contributed by atoms with Gasteiger partial charge >= 0.3 is 5.97 Å². The van der Waals surface area contributed by atoms with Gasteiger partial charge in [0.05, 0.1) is 5.92 Å². The molecule has 3 aromatic carbocycles. The number of carboxylic acids is 1. The molecule has 148 valence electrons. The van der Waals surface area contributed by atoms with Crippen LogP contribution in [0.5, 0.6) is 0 Å². The maximum atomic E-state index is 13.0. The van der Waals surface area contributed by atoms with E-state index in [1.807, 2.05) is 72.8 Å². The second-order valence-electron chi connectivity index (χ2n) is 7.65. The molecule has 3 aromatic rings. The molecule has 0 heterocycles. The zero-order valence-corrected chi connectivity index (χ0v) is 16.8. The molecule has 0 radical (unpaired) electrons. The largest absolute Gasteiger partial charge is 0.481 e. The van der Waals surface area contributed by atoms with Crippen molar-refractivity contribution in [3.05, 3.63) is 107 Å². The van der Waals surface area contributed by atoms with Crippen molar-refractivity contribution in [2.75, 3.05) is 0 Å². The van der Waals surface area contributed by atoms with Gasteiger partial charge in [-0.25, -0.2) is 0 Å². The predicted molar refractivity (Wildman–Crippen MR) is 115 cm³/mol. The Kier molecular flexibility index (Phi) is 6.61. The number of hydrogen-bond acceptors (Lipinski definition) is 2. The first-order valence-electron chi connectivity index (χ1n) is 9.93. The molecule has 0 fully saturated rings. The fourth-order valence-corrected chi connectivity index (χ4v) is 3.71. The summed E-state index contributed by atoms with van der Waals surface area (Å²) in [6, 6.07) is 26.3. The third-order valence-electron chi connectivity index (χ3n) is 5.36. The molecule has 3 nitrogen and oxygen atoms in total. The lowest BCUT2D eigenvalue weighted by molar-refractivity contribution is -0.139. The van der Waals surface area contributed by atoms with Crippen LogP contribution in [0.1, 0.15) is 65.1 Å². The third kappa shape index (κ3) is 5.00. The van der Waals surface area contributed by atoms with Crippen LogP contribution in [0.3, 0.4) is 0 Å². The van der Waals surface area contributed by atoms with Gasteiger partial charge in [-0.1, -0.05) is 98.8 Å². The van der Waals surface area contributed by atoms with Crippen LogP contribution < -0.4 is 0 Å². The lowest BCUT2D eigenvalue weighted by Crippen LogP contribution is -2.23. The van der Waals surface area contributed by atoms with E-state index in [-0.39, 0.29) is 12.2 Å². The quantitative estimate of drug-likeness (QED) is 0.481. The molecule has 0 saturated carbocycles. The standard InChI is InChI=1S/C26H26O3/c1-18(2)19-13-15-20(16-14-19)23(17-24(27)21-9-5-3-6-10-21)25(26(28)29)22-11-7-4-8-12-22/h3-16,18,23,25H,17H2,1-2H3,(H,28,29)/t23-,25+/m1/s1. The topological polar surface area (TPSA) is 54.4 Å². The van der Waals surface area contributed by atoms with Crippen LogP contribution in [-0.4, -0.2) is 16.9 Å². The van der Waals surface area contributed by atoms with Gasteiger partial charge in [0.1, 0.15) is 0 Å². The lowest BCUT2D eigenvalue weighted by Gasteiger charge is -2.25. The number of carboxylic acid groups (broad SMARTS) is 1. The highest BCUT2D eigenvalue weighted by Crippen LogP contribution is 2.37. The van der Waals surface area contributed by atoms with Gasteiger partial charge in [-0.05, 0) is 22.6 Å². The van der Waals surface area contributed by atoms with Crippen LogP contribution in [0.15, 0.2) is 84.9 Å². The lowest BCUT2D eigenvalue weighted by atomic mass is 9.77. The van der Waals surface area contributed by atoms with Crippen LogP contribution in [0, 0.1) is 0 Å². The second kappa shape index (κ2) is 9.33. The molecule has 0 amide bonds. The molecular weight excluding hydrogens is 360 g/mol. The Bertz CT molecular complexity index is 944. The first kappa shape index (κ1) is 20.5. The molecule has 0 unspecified atom stereocenters. The average Bonchev–Trinajstić information content (AvgIpc) is 2.74. The summed E-state index contributed by atoms with van der Waals surface area (Å²) in [6.07, 6.45) is 0.136. The van der Waals surface area contributed by atoms with Crippen LogP contribution in [0.4, 0.5) is 0 Å². The zero-order chi connectivity index (χ0) is 20.8. The maximum absolute atomic E-state index is 13.0. The minimum atomic E-state index is -0.921. The fraction of sp³-hybridized carbons (Fsp3) is 0.231. The number of Topliss-reactive ketones (excluding diaryl/α,β-unsaturated/α-hetero) is 1. The molecule has 0 aromatic heterocycles. The molecular formula is C26H26O3. The van der Waals surface area contributed by atoms with Gasteiger partial charge in [-0.3, -0.25) is 9.59 Å². The normalized spacial score (nSPS) is 13.1. The Labute approximate surface area is 172 Å². The van der Waals surface area contributed by atoms with Gasteiger partial charge in [-0.2, -0.15) is 0 Å². The van der Waals surface area contributed by atoms with Crippen molar-refractivity contribution < 1.29 is 14.7 Å². The smallest absolute Gasteiger partial charge is 0.311 e. The van der Waals surface area contributed by atoms with Gasteiger partial charge in [0, 0.05) is 17.9 Å². The van der Waals surface area contributed by atoms with Gasteiger partial charge in [0.25, 0.3) is 0 Å². The monoisotopic (exact) mass is 386 g/mol. The first-order chi connectivity index (χ1) is 14.0. The average molecular weight is 386 g/mol. The molecule has 2 atom stereocenters. The maximum Gasteiger partial charge on any atom is 0.311 e. The van der Waals surface area contributed by atoms with Gasteiger partial charge < -0.3 is 5.11 Å². The van der Waals surface area contributed by atoms with E-state index in [1.54, 1.807) is 12.1 Å². The van der Waals surface area contributed by atoms with Crippen LogP contribution >= 0.6 is 0 Å². The van der Waals surface area contributed by atoms with Crippen LogP contribution in [-0.2, 0) is 4.79 Å². The number of aliphatic carboxylic acids is 1. The molecule has 29 heavy (non-hydrogen) atoms. The molecule has 3 rings (SSSR count). The van der Waals surface area contributed by atoms with Crippen molar-refractivity contribution in [3.8, 4) is 0 Å². The summed E-state index contributed by atoms with van der Waals surface area (Å²) >= 11 is 0. The summed E-state index contributed by atoms with van der Waals surface area (Å²) in [4.78, 5) is 25.3. The van der Waals surface area contributed by atoms with E-state index in [0.717, 1.165) is 5.56 Å². The number of ketones is 1. The molecule has 1 N–H and O–H groups in total. The van der Waals surface area contributed by atoms with Crippen molar-refractivity contribution in [3.63, 3.8) is 0 Å². The van der Waals surface area contributed by atoms with Crippen LogP contribution in [0.25, 0.3) is 0 Å². The summed E-state index contributed by atoms with van der Waals surface area (Å²) in [5.74, 6) is -1.84. The molecule has 0 aliphatic rings. The van der Waals surface area contributed by atoms with E-state index < -0.39 is 17.8 Å². The van der Waals surface area contributed by atoms with E-state index in [4.69, 9.17) is 0 Å². The third-order valence-corrected chi connectivity index (χ3v) is 5.36. The zero-order valence-electron chi connectivity index (χ0n) is 16.8. The van der Waals surface area contributed by atoms with Gasteiger partial charge in [-0.15, -0.1) is 0 Å². The Morgan fingerprint density at radius 3 is 1.76 bits per heavy atom. The van der Waals surface area contributed by atoms with Gasteiger partial charge in [0.15, 0.2) is 5.78 Å². The highest BCUT2D eigenvalue weighted by molar-refractivity contribution is 5.97. The van der Waals surface area contributed by atoms with E-state index in [1.165, 1.54) is 5.56 Å². The number of carbonyl (C=O) groups excluding carboxylic acids is 1. The first-order valence-corrected chi connectivity index (χ1v) is 9.93. The SMILES string of the molecule is CC(C)c1ccc([C@@H](CC(=O)c2ccccc2)[C@@H](C(=O)O)c2ccccc2)cc1. The number of rotatable bonds is 8. The van der Waals surface area contributed by atoms with E-state index in [9.17, 15) is 14.7 Å². The van der Waals surface area contributed by atoms with E-state index in [2.05, 4.69) is 13.8 Å². The van der Waals surface area contributed by atoms with Crippen molar-refractivity contribution in [1.29, 1.82) is 0 Å². The van der Waals surface area contributed by atoms with Crippen molar-refractivity contribution in [2.45, 2.75) is 38.0 Å². The molecule has 0 spiro atoms. The molecule has 0 saturated heterocycles. The van der Waals surface area contributed by atoms with Gasteiger partial charge in [0.2, 0.25) is 0 Å². The van der Waals surface area contributed by atoms with E-state index in [0.29, 0.717) is 17.0 Å². The summed E-state index contributed by atoms with van der Waals surface area (Å²) < 4.78 is 0. The molecule has 0 bridgehead atoms. The molecule has 0 aliphatic carbocycles. The van der Waals surface area contributed by atoms with Crippen molar-refractivity contribution in [2.24, 2.45) is 0 Å². The molecule has 0 aliphatic heterocycles. The van der Waals surface area contributed by atoms with Crippen molar-refractivity contribution >= 4 is 11.8 Å². The summed E-state index contributed by atoms with van der Waals surface area (Å²) in [5, 5.41) is 10.1. The Hall–Kier alpha value is -3.20. The minimum Gasteiger partial charge on any atom is -0.481 e. The molecule has 3 heteroatoms.